The van der Waals surface area contributed by atoms with Gasteiger partial charge in [-0.1, -0.05) is 6.07 Å². The number of amides is 2. The van der Waals surface area contributed by atoms with Gasteiger partial charge in [-0.3, -0.25) is 15.4 Å². The zero-order valence-electron chi connectivity index (χ0n) is 16.6. The number of fused-ring (bicyclic) bond motifs is 2. The zero-order valence-corrected chi connectivity index (χ0v) is 16.6. The summed E-state index contributed by atoms with van der Waals surface area (Å²) < 4.78 is 18.9. The minimum absolute atomic E-state index is 0.276. The molecule has 0 spiro atoms. The summed E-state index contributed by atoms with van der Waals surface area (Å²) >= 11 is 0. The number of carbonyl (C=O) groups excluding carboxylic acids is 1. The molecule has 0 aliphatic carbocycles. The number of aromatic amines is 1. The molecule has 9 heteroatoms. The highest BCUT2D eigenvalue weighted by Crippen LogP contribution is 2.32. The quantitative estimate of drug-likeness (QED) is 0.464. The normalized spacial score (nSPS) is 15.2. The largest absolute Gasteiger partial charge is 0.493 e. The number of hydrogen-bond acceptors (Lipinski definition) is 5. The summed E-state index contributed by atoms with van der Waals surface area (Å²) in [5.41, 5.74) is 4.11. The lowest BCUT2D eigenvalue weighted by atomic mass is 10.0. The number of nitrogens with one attached hydrogen (secondary N) is 3. The van der Waals surface area contributed by atoms with Crippen LogP contribution in [-0.2, 0) is 0 Å². The van der Waals surface area contributed by atoms with Crippen molar-refractivity contribution in [3.8, 4) is 17.0 Å². The number of aromatic nitrogens is 4. The van der Waals surface area contributed by atoms with Gasteiger partial charge >= 0.3 is 6.03 Å². The molecule has 0 fully saturated rings. The highest BCUT2D eigenvalue weighted by molar-refractivity contribution is 5.95. The van der Waals surface area contributed by atoms with Crippen molar-refractivity contribution in [3.05, 3.63) is 65.9 Å². The number of carbonyl (C=O) groups is 1. The Morgan fingerprint density at radius 1 is 1.23 bits per heavy atom. The third-order valence-electron chi connectivity index (χ3n) is 5.18. The second-order valence-electron chi connectivity index (χ2n) is 7.34. The number of H-pyrrole nitrogens is 1. The van der Waals surface area contributed by atoms with E-state index in [1.54, 1.807) is 24.5 Å². The van der Waals surface area contributed by atoms with Gasteiger partial charge in [0.1, 0.15) is 23.1 Å². The van der Waals surface area contributed by atoms with Crippen molar-refractivity contribution in [2.45, 2.75) is 19.4 Å². The molecule has 2 amide bonds. The van der Waals surface area contributed by atoms with Gasteiger partial charge in [-0.05, 0) is 25.1 Å². The SMILES string of the molecule is Cc1cc(-c2n[nH]c3cc(NC(=O)N[C@@H]4CCOc5cc(F)ccc54)ncc23)ccn1. The maximum absolute atomic E-state index is 13.4. The summed E-state index contributed by atoms with van der Waals surface area (Å²) in [6.07, 6.45) is 4.00. The number of anilines is 1. The number of ether oxygens (including phenoxy) is 1. The zero-order chi connectivity index (χ0) is 21.4. The molecule has 1 atom stereocenters. The lowest BCUT2D eigenvalue weighted by molar-refractivity contribution is 0.232. The number of benzene rings is 1. The van der Waals surface area contributed by atoms with Gasteiger partial charge in [-0.2, -0.15) is 5.10 Å². The molecule has 1 aliphatic rings. The van der Waals surface area contributed by atoms with Crippen LogP contribution in [0.2, 0.25) is 0 Å². The maximum Gasteiger partial charge on any atom is 0.320 e. The van der Waals surface area contributed by atoms with E-state index in [-0.39, 0.29) is 11.9 Å². The number of hydrogen-bond donors (Lipinski definition) is 3. The fourth-order valence-corrected chi connectivity index (χ4v) is 3.72. The number of rotatable bonds is 3. The highest BCUT2D eigenvalue weighted by atomic mass is 19.1. The van der Waals surface area contributed by atoms with Gasteiger partial charge in [0.15, 0.2) is 0 Å². The fraction of sp³-hybridized carbons (Fsp3) is 0.182. The number of pyridine rings is 2. The Kier molecular flexibility index (Phi) is 4.70. The first-order chi connectivity index (χ1) is 15.1. The summed E-state index contributed by atoms with van der Waals surface area (Å²) in [7, 11) is 0. The third-order valence-corrected chi connectivity index (χ3v) is 5.18. The maximum atomic E-state index is 13.4. The van der Waals surface area contributed by atoms with Gasteiger partial charge in [0, 0.05) is 53.2 Å². The van der Waals surface area contributed by atoms with Crippen LogP contribution in [0.3, 0.4) is 0 Å². The highest BCUT2D eigenvalue weighted by Gasteiger charge is 2.23. The smallest absolute Gasteiger partial charge is 0.320 e. The van der Waals surface area contributed by atoms with Crippen LogP contribution in [0, 0.1) is 12.7 Å². The van der Waals surface area contributed by atoms with Crippen molar-refractivity contribution in [3.63, 3.8) is 0 Å². The minimum atomic E-state index is -0.404. The lowest BCUT2D eigenvalue weighted by Gasteiger charge is -2.26. The summed E-state index contributed by atoms with van der Waals surface area (Å²) in [4.78, 5) is 21.1. The predicted molar refractivity (Wildman–Crippen MR) is 113 cm³/mol. The predicted octanol–water partition coefficient (Wildman–Crippen LogP) is 4.11. The Labute approximate surface area is 176 Å². The molecule has 0 saturated heterocycles. The molecule has 156 valence electrons. The molecule has 3 N–H and O–H groups in total. The van der Waals surface area contributed by atoms with Crippen LogP contribution in [0.4, 0.5) is 15.0 Å². The Morgan fingerprint density at radius 3 is 3.00 bits per heavy atom. The van der Waals surface area contributed by atoms with Gasteiger partial charge in [-0.15, -0.1) is 0 Å². The van der Waals surface area contributed by atoms with Crippen molar-refractivity contribution < 1.29 is 13.9 Å². The van der Waals surface area contributed by atoms with Crippen LogP contribution in [0.25, 0.3) is 22.2 Å². The minimum Gasteiger partial charge on any atom is -0.493 e. The molecule has 3 aromatic heterocycles. The topological polar surface area (TPSA) is 105 Å². The summed E-state index contributed by atoms with van der Waals surface area (Å²) in [6.45, 7) is 2.32. The first kappa shape index (κ1) is 19.0. The van der Waals surface area contributed by atoms with Crippen molar-refractivity contribution in [1.82, 2.24) is 25.5 Å². The summed E-state index contributed by atoms with van der Waals surface area (Å²) in [5, 5.41) is 13.9. The first-order valence-electron chi connectivity index (χ1n) is 9.84. The molecule has 31 heavy (non-hydrogen) atoms. The molecule has 4 heterocycles. The Morgan fingerprint density at radius 2 is 2.13 bits per heavy atom. The van der Waals surface area contributed by atoms with Crippen LogP contribution in [0.15, 0.2) is 48.8 Å². The van der Waals surface area contributed by atoms with E-state index in [9.17, 15) is 9.18 Å². The second-order valence-corrected chi connectivity index (χ2v) is 7.34. The van der Waals surface area contributed by atoms with Crippen LogP contribution in [0.1, 0.15) is 23.7 Å². The fourth-order valence-electron chi connectivity index (χ4n) is 3.72. The van der Waals surface area contributed by atoms with Crippen LogP contribution in [-0.4, -0.2) is 32.8 Å². The Hall–Kier alpha value is -4.01. The van der Waals surface area contributed by atoms with E-state index in [1.165, 1.54) is 12.1 Å². The molecule has 0 saturated carbocycles. The summed E-state index contributed by atoms with van der Waals surface area (Å²) in [5.74, 6) is 0.465. The molecule has 1 aromatic carbocycles. The van der Waals surface area contributed by atoms with Crippen molar-refractivity contribution in [2.24, 2.45) is 0 Å². The van der Waals surface area contributed by atoms with Crippen LogP contribution < -0.4 is 15.4 Å². The Balaban J connectivity index is 1.33. The van der Waals surface area contributed by atoms with Crippen LogP contribution in [0.5, 0.6) is 5.75 Å². The van der Waals surface area contributed by atoms with E-state index in [0.29, 0.717) is 24.6 Å². The molecule has 0 unspecified atom stereocenters. The lowest BCUT2D eigenvalue weighted by Crippen LogP contribution is -2.35. The second kappa shape index (κ2) is 7.67. The monoisotopic (exact) mass is 418 g/mol. The van der Waals surface area contributed by atoms with E-state index in [1.807, 2.05) is 19.1 Å². The molecule has 1 aliphatic heterocycles. The van der Waals surface area contributed by atoms with E-state index < -0.39 is 6.03 Å². The van der Waals surface area contributed by atoms with Crippen LogP contribution >= 0.6 is 0 Å². The van der Waals surface area contributed by atoms with Gasteiger partial charge in [0.2, 0.25) is 0 Å². The third kappa shape index (κ3) is 3.77. The number of urea groups is 1. The molecule has 4 aromatic rings. The average molecular weight is 418 g/mol. The van der Waals surface area contributed by atoms with Crippen molar-refractivity contribution >= 4 is 22.8 Å². The molecule has 0 bridgehead atoms. The van der Waals surface area contributed by atoms with E-state index >= 15 is 0 Å². The summed E-state index contributed by atoms with van der Waals surface area (Å²) in [6, 6.07) is 9.21. The van der Waals surface area contributed by atoms with E-state index in [4.69, 9.17) is 4.74 Å². The van der Waals surface area contributed by atoms with Crippen molar-refractivity contribution in [1.29, 1.82) is 0 Å². The first-order valence-corrected chi connectivity index (χ1v) is 9.84. The Bertz CT molecular complexity index is 1290. The molecule has 0 radical (unpaired) electrons. The van der Waals surface area contributed by atoms with Crippen molar-refractivity contribution in [2.75, 3.05) is 11.9 Å². The number of nitrogens with zero attached hydrogens (tertiary/aromatic N) is 3. The van der Waals surface area contributed by atoms with Gasteiger partial charge in [0.05, 0.1) is 18.2 Å². The van der Waals surface area contributed by atoms with E-state index in [2.05, 4.69) is 30.8 Å². The van der Waals surface area contributed by atoms with Gasteiger partial charge in [-0.25, -0.2) is 14.2 Å². The van der Waals surface area contributed by atoms with E-state index in [0.717, 1.165) is 33.4 Å². The molecule has 5 rings (SSSR count). The average Bonchev–Trinajstić information content (AvgIpc) is 3.17. The number of aryl methyl sites for hydroxylation is 1. The molecular weight excluding hydrogens is 399 g/mol. The molecular formula is C22H19FN6O2. The van der Waals surface area contributed by atoms with Gasteiger partial charge < -0.3 is 10.1 Å². The molecule has 8 nitrogen and oxygen atoms in total. The van der Waals surface area contributed by atoms with Gasteiger partial charge in [0.25, 0.3) is 0 Å². The standard InChI is InChI=1S/C22H19FN6O2/c1-12-8-13(4-6-24-12)21-16-11-25-20(10-18(16)28-29-21)27-22(30)26-17-5-7-31-19-9-14(23)2-3-15(17)19/h2-4,6,8-11,17H,5,7H2,1H3,(H,28,29)(H2,25,26,27,30)/t17-/m1/s1. The number of halogens is 1.